The molecule has 2 unspecified atom stereocenters. The summed E-state index contributed by atoms with van der Waals surface area (Å²) in [7, 11) is -3.30. The predicted octanol–water partition coefficient (Wildman–Crippen LogP) is 1.32. The maximum absolute atomic E-state index is 12.5. The van der Waals surface area contributed by atoms with Crippen molar-refractivity contribution in [2.75, 3.05) is 6.54 Å². The third-order valence-corrected chi connectivity index (χ3v) is 6.06. The Hall–Kier alpha value is -0.910. The first-order valence-electron chi connectivity index (χ1n) is 6.42. The summed E-state index contributed by atoms with van der Waals surface area (Å²) in [6.07, 6.45) is 3.24. The number of hydrogen-bond donors (Lipinski definition) is 1. The Morgan fingerprint density at radius 2 is 1.94 bits per heavy atom. The highest BCUT2D eigenvalue weighted by Gasteiger charge is 2.44. The Balaban J connectivity index is 1.89. The Morgan fingerprint density at radius 1 is 1.22 bits per heavy atom. The Labute approximate surface area is 108 Å². The molecule has 1 aromatic rings. The number of benzene rings is 1. The van der Waals surface area contributed by atoms with E-state index in [1.165, 1.54) is 6.42 Å². The summed E-state index contributed by atoms with van der Waals surface area (Å²) in [5.74, 6) is 0.577. The molecule has 0 amide bonds. The molecule has 3 rings (SSSR count). The first kappa shape index (κ1) is 12.1. The summed E-state index contributed by atoms with van der Waals surface area (Å²) < 4.78 is 26.7. The van der Waals surface area contributed by atoms with Crippen LogP contribution in [0.4, 0.5) is 0 Å². The van der Waals surface area contributed by atoms with Crippen molar-refractivity contribution in [1.82, 2.24) is 4.31 Å². The highest BCUT2D eigenvalue weighted by atomic mass is 32.2. The molecule has 2 atom stereocenters. The summed E-state index contributed by atoms with van der Waals surface area (Å²) in [6, 6.07) is 7.16. The van der Waals surface area contributed by atoms with E-state index in [1.54, 1.807) is 28.6 Å². The number of nitrogens with zero attached hydrogens (tertiary/aromatic N) is 1. The smallest absolute Gasteiger partial charge is 0.243 e. The molecule has 1 saturated carbocycles. The molecule has 2 N–H and O–H groups in total. The third-order valence-electron chi connectivity index (χ3n) is 4.12. The molecule has 5 heteroatoms. The fourth-order valence-electron chi connectivity index (χ4n) is 3.11. The first-order valence-corrected chi connectivity index (χ1v) is 7.86. The van der Waals surface area contributed by atoms with Gasteiger partial charge in [-0.25, -0.2) is 8.42 Å². The van der Waals surface area contributed by atoms with E-state index >= 15 is 0 Å². The fraction of sp³-hybridized carbons (Fsp3) is 0.538. The van der Waals surface area contributed by atoms with Crippen molar-refractivity contribution in [2.45, 2.75) is 36.7 Å². The third kappa shape index (κ3) is 1.86. The second kappa shape index (κ2) is 4.33. The molecule has 1 aromatic carbocycles. The first-order chi connectivity index (χ1) is 8.61. The van der Waals surface area contributed by atoms with E-state index in [-0.39, 0.29) is 6.04 Å². The van der Waals surface area contributed by atoms with Gasteiger partial charge in [-0.1, -0.05) is 12.1 Å². The van der Waals surface area contributed by atoms with Gasteiger partial charge in [-0.3, -0.25) is 0 Å². The lowest BCUT2D eigenvalue weighted by atomic mass is 10.1. The maximum Gasteiger partial charge on any atom is 0.243 e. The van der Waals surface area contributed by atoms with Crippen LogP contribution in [-0.4, -0.2) is 25.3 Å². The minimum atomic E-state index is -3.30. The van der Waals surface area contributed by atoms with Gasteiger partial charge < -0.3 is 5.73 Å². The fourth-order valence-corrected chi connectivity index (χ4v) is 4.85. The average Bonchev–Trinajstić information content (AvgIpc) is 3.01. The molecule has 1 heterocycles. The van der Waals surface area contributed by atoms with Gasteiger partial charge in [0.25, 0.3) is 0 Å². The van der Waals surface area contributed by atoms with Crippen molar-refractivity contribution < 1.29 is 8.42 Å². The van der Waals surface area contributed by atoms with Crippen LogP contribution in [0.2, 0.25) is 0 Å². The van der Waals surface area contributed by atoms with Gasteiger partial charge in [-0.15, -0.1) is 0 Å². The van der Waals surface area contributed by atoms with E-state index in [0.717, 1.165) is 18.4 Å². The molecule has 2 fully saturated rings. The van der Waals surface area contributed by atoms with E-state index in [9.17, 15) is 8.42 Å². The van der Waals surface area contributed by atoms with Crippen molar-refractivity contribution in [3.63, 3.8) is 0 Å². The molecule has 0 radical (unpaired) electrons. The van der Waals surface area contributed by atoms with Gasteiger partial charge >= 0.3 is 0 Å². The van der Waals surface area contributed by atoms with Crippen molar-refractivity contribution in [3.05, 3.63) is 29.8 Å². The summed E-state index contributed by atoms with van der Waals surface area (Å²) in [5, 5.41) is 0. The van der Waals surface area contributed by atoms with Crippen LogP contribution in [0.25, 0.3) is 0 Å². The number of rotatable bonds is 3. The number of piperidine rings is 1. The summed E-state index contributed by atoms with van der Waals surface area (Å²) in [5.41, 5.74) is 6.48. The van der Waals surface area contributed by atoms with E-state index in [1.807, 2.05) is 0 Å². The minimum absolute atomic E-state index is 0.231. The molecule has 18 heavy (non-hydrogen) atoms. The van der Waals surface area contributed by atoms with Crippen LogP contribution in [0.5, 0.6) is 0 Å². The average molecular weight is 266 g/mol. The van der Waals surface area contributed by atoms with E-state index < -0.39 is 10.0 Å². The van der Waals surface area contributed by atoms with Crippen molar-refractivity contribution in [3.8, 4) is 0 Å². The lowest BCUT2D eigenvalue weighted by molar-refractivity contribution is 0.333. The Bertz CT molecular complexity index is 539. The zero-order valence-corrected chi connectivity index (χ0v) is 11.1. The molecule has 0 spiro atoms. The van der Waals surface area contributed by atoms with E-state index in [0.29, 0.717) is 23.9 Å². The largest absolute Gasteiger partial charge is 0.326 e. The van der Waals surface area contributed by atoms with Crippen LogP contribution in [0, 0.1) is 5.92 Å². The van der Waals surface area contributed by atoms with Gasteiger partial charge in [0.05, 0.1) is 4.90 Å². The van der Waals surface area contributed by atoms with E-state index in [2.05, 4.69) is 0 Å². The monoisotopic (exact) mass is 266 g/mol. The lowest BCUT2D eigenvalue weighted by Crippen LogP contribution is -2.37. The van der Waals surface area contributed by atoms with Gasteiger partial charge in [0.15, 0.2) is 0 Å². The topological polar surface area (TPSA) is 63.4 Å². The van der Waals surface area contributed by atoms with Crippen LogP contribution in [0.15, 0.2) is 29.2 Å². The Kier molecular flexibility index (Phi) is 2.92. The second-order valence-electron chi connectivity index (χ2n) is 5.26. The number of hydrogen-bond acceptors (Lipinski definition) is 3. The minimum Gasteiger partial charge on any atom is -0.326 e. The van der Waals surface area contributed by atoms with Crippen LogP contribution in [-0.2, 0) is 16.6 Å². The number of fused-ring (bicyclic) bond motifs is 2. The lowest BCUT2D eigenvalue weighted by Gasteiger charge is -2.26. The standard InChI is InChI=1S/C13H18N2O2S/c14-8-10-2-5-13(6-3-10)18(16,17)15-9-11-1-4-12(15)7-11/h2-3,5-6,11-12H,1,4,7-9,14H2. The molecule has 1 saturated heterocycles. The van der Waals surface area contributed by atoms with Gasteiger partial charge in [-0.2, -0.15) is 4.31 Å². The number of nitrogens with two attached hydrogens (primary N) is 1. The predicted molar refractivity (Wildman–Crippen MR) is 69.4 cm³/mol. The normalized spacial score (nSPS) is 27.8. The van der Waals surface area contributed by atoms with Gasteiger partial charge in [-0.05, 0) is 42.9 Å². The number of sulfonamides is 1. The molecule has 2 bridgehead atoms. The van der Waals surface area contributed by atoms with Crippen molar-refractivity contribution in [1.29, 1.82) is 0 Å². The molecule has 98 valence electrons. The van der Waals surface area contributed by atoms with Gasteiger partial charge in [0, 0.05) is 19.1 Å². The summed E-state index contributed by atoms with van der Waals surface area (Å²) in [6.45, 7) is 1.14. The van der Waals surface area contributed by atoms with Crippen molar-refractivity contribution in [2.24, 2.45) is 11.7 Å². The van der Waals surface area contributed by atoms with Gasteiger partial charge in [0.1, 0.15) is 0 Å². The summed E-state index contributed by atoms with van der Waals surface area (Å²) in [4.78, 5) is 0.396. The van der Waals surface area contributed by atoms with Crippen LogP contribution >= 0.6 is 0 Å². The van der Waals surface area contributed by atoms with Crippen LogP contribution in [0.3, 0.4) is 0 Å². The van der Waals surface area contributed by atoms with Gasteiger partial charge in [0.2, 0.25) is 10.0 Å². The highest BCUT2D eigenvalue weighted by molar-refractivity contribution is 7.89. The highest BCUT2D eigenvalue weighted by Crippen LogP contribution is 2.40. The molecule has 0 aromatic heterocycles. The second-order valence-corrected chi connectivity index (χ2v) is 7.15. The van der Waals surface area contributed by atoms with Crippen molar-refractivity contribution >= 4 is 10.0 Å². The maximum atomic E-state index is 12.5. The van der Waals surface area contributed by atoms with Crippen LogP contribution < -0.4 is 5.73 Å². The van der Waals surface area contributed by atoms with Crippen LogP contribution in [0.1, 0.15) is 24.8 Å². The SMILES string of the molecule is NCc1ccc(S(=O)(=O)N2CC3CCC2C3)cc1. The zero-order chi connectivity index (χ0) is 12.8. The Morgan fingerprint density at radius 3 is 2.44 bits per heavy atom. The molecular formula is C13H18N2O2S. The molecule has 2 aliphatic rings. The molecular weight excluding hydrogens is 248 g/mol. The van der Waals surface area contributed by atoms with E-state index in [4.69, 9.17) is 5.73 Å². The zero-order valence-electron chi connectivity index (χ0n) is 10.2. The molecule has 1 aliphatic carbocycles. The quantitative estimate of drug-likeness (QED) is 0.897. The molecule has 4 nitrogen and oxygen atoms in total. The summed E-state index contributed by atoms with van der Waals surface area (Å²) >= 11 is 0. The molecule has 1 aliphatic heterocycles.